The van der Waals surface area contributed by atoms with Gasteiger partial charge in [0.2, 0.25) is 0 Å². The summed E-state index contributed by atoms with van der Waals surface area (Å²) in [6.45, 7) is 5.45. The number of rotatable bonds is 7. The largest absolute Gasteiger partial charge is 0.493 e. The monoisotopic (exact) mass is 387 g/mol. The van der Waals surface area contributed by atoms with Crippen molar-refractivity contribution in [3.05, 3.63) is 22.2 Å². The molecule has 6 nitrogen and oxygen atoms in total. The molecule has 1 N–H and O–H groups in total. The van der Waals surface area contributed by atoms with Gasteiger partial charge in [-0.25, -0.2) is 4.79 Å². The van der Waals surface area contributed by atoms with Crippen molar-refractivity contribution in [1.82, 2.24) is 4.90 Å². The highest BCUT2D eigenvalue weighted by Crippen LogP contribution is 2.37. The number of carbonyl (C=O) groups excluding carboxylic acids is 1. The first kappa shape index (κ1) is 19.3. The number of benzene rings is 1. The van der Waals surface area contributed by atoms with Crippen molar-refractivity contribution >= 4 is 27.8 Å². The summed E-state index contributed by atoms with van der Waals surface area (Å²) in [5.74, 6) is -0.565. The fourth-order valence-corrected chi connectivity index (χ4v) is 2.33. The molecule has 128 valence electrons. The number of carboxylic acid groups (broad SMARTS) is 1. The fourth-order valence-electron chi connectivity index (χ4n) is 1.78. The third kappa shape index (κ3) is 4.16. The average molecular weight is 388 g/mol. The van der Waals surface area contributed by atoms with Gasteiger partial charge < -0.3 is 19.5 Å². The van der Waals surface area contributed by atoms with Crippen molar-refractivity contribution in [3.63, 3.8) is 0 Å². The number of methoxy groups -OCH3 is 1. The highest BCUT2D eigenvalue weighted by atomic mass is 79.9. The van der Waals surface area contributed by atoms with Gasteiger partial charge in [-0.2, -0.15) is 0 Å². The zero-order valence-corrected chi connectivity index (χ0v) is 15.6. The molecule has 0 aromatic heterocycles. The molecule has 0 atom stereocenters. The summed E-state index contributed by atoms with van der Waals surface area (Å²) >= 11 is 3.37. The minimum absolute atomic E-state index is 0.314. The number of ether oxygens (including phenoxy) is 2. The number of likely N-dealkylation sites (N-methyl/N-ethyl adjacent to an activating group) is 1. The molecular weight excluding hydrogens is 366 g/mol. The third-order valence-electron chi connectivity index (χ3n) is 3.59. The molecule has 0 spiro atoms. The Bertz CT molecular complexity index is 600. The number of nitrogens with zero attached hydrogens (tertiary/aromatic N) is 1. The molecule has 0 aliphatic carbocycles. The van der Waals surface area contributed by atoms with Gasteiger partial charge in [-0.05, 0) is 48.3 Å². The molecular formula is C16H22BrNO5. The SMILES string of the molecule is CCCOc1c(Br)cc(C(=O)N(C)C(C)(C)C(=O)O)cc1OC. The second kappa shape index (κ2) is 7.68. The summed E-state index contributed by atoms with van der Waals surface area (Å²) in [6.07, 6.45) is 0.839. The molecule has 0 unspecified atom stereocenters. The van der Waals surface area contributed by atoms with Crippen molar-refractivity contribution in [1.29, 1.82) is 0 Å². The van der Waals surface area contributed by atoms with E-state index < -0.39 is 17.4 Å². The Morgan fingerprint density at radius 2 is 1.96 bits per heavy atom. The van der Waals surface area contributed by atoms with Crippen LogP contribution in [0.3, 0.4) is 0 Å². The van der Waals surface area contributed by atoms with E-state index in [1.54, 1.807) is 12.1 Å². The summed E-state index contributed by atoms with van der Waals surface area (Å²) in [5, 5.41) is 9.26. The molecule has 0 fully saturated rings. The summed E-state index contributed by atoms with van der Waals surface area (Å²) in [4.78, 5) is 25.1. The van der Waals surface area contributed by atoms with Gasteiger partial charge in [-0.3, -0.25) is 4.79 Å². The standard InChI is InChI=1S/C16H22BrNO5/c1-6-7-23-13-11(17)8-10(9-12(13)22-5)14(19)18(4)16(2,3)15(20)21/h8-9H,6-7H2,1-5H3,(H,20,21). The second-order valence-corrected chi connectivity index (χ2v) is 6.42. The van der Waals surface area contributed by atoms with E-state index in [0.717, 1.165) is 6.42 Å². The van der Waals surface area contributed by atoms with Gasteiger partial charge >= 0.3 is 5.97 Å². The van der Waals surface area contributed by atoms with Gasteiger partial charge in [-0.15, -0.1) is 0 Å². The molecule has 0 aliphatic heterocycles. The number of hydrogen-bond acceptors (Lipinski definition) is 4. The second-order valence-electron chi connectivity index (χ2n) is 5.57. The van der Waals surface area contributed by atoms with E-state index >= 15 is 0 Å². The molecule has 1 aromatic rings. The third-order valence-corrected chi connectivity index (χ3v) is 4.18. The first-order chi connectivity index (χ1) is 10.7. The first-order valence-electron chi connectivity index (χ1n) is 7.18. The van der Waals surface area contributed by atoms with Crippen LogP contribution in [0.1, 0.15) is 37.6 Å². The Morgan fingerprint density at radius 3 is 2.43 bits per heavy atom. The molecule has 1 rings (SSSR count). The van der Waals surface area contributed by atoms with E-state index in [2.05, 4.69) is 15.9 Å². The minimum Gasteiger partial charge on any atom is -0.493 e. The quantitative estimate of drug-likeness (QED) is 0.777. The molecule has 0 radical (unpaired) electrons. The van der Waals surface area contributed by atoms with Gasteiger partial charge in [0, 0.05) is 12.6 Å². The Hall–Kier alpha value is -1.76. The van der Waals surface area contributed by atoms with Crippen LogP contribution < -0.4 is 9.47 Å². The summed E-state index contributed by atoms with van der Waals surface area (Å²) in [6, 6.07) is 3.15. The summed E-state index contributed by atoms with van der Waals surface area (Å²) in [7, 11) is 2.94. The summed E-state index contributed by atoms with van der Waals surface area (Å²) < 4.78 is 11.5. The zero-order chi connectivity index (χ0) is 17.8. The lowest BCUT2D eigenvalue weighted by Crippen LogP contribution is -2.50. The maximum atomic E-state index is 12.6. The van der Waals surface area contributed by atoms with Crippen LogP contribution in [0.4, 0.5) is 0 Å². The van der Waals surface area contributed by atoms with Crippen LogP contribution in [-0.2, 0) is 4.79 Å². The van der Waals surface area contributed by atoms with E-state index in [-0.39, 0.29) is 0 Å². The highest BCUT2D eigenvalue weighted by molar-refractivity contribution is 9.10. The predicted molar refractivity (Wildman–Crippen MR) is 90.3 cm³/mol. The molecule has 1 aromatic carbocycles. The fraction of sp³-hybridized carbons (Fsp3) is 0.500. The lowest BCUT2D eigenvalue weighted by atomic mass is 10.0. The van der Waals surface area contributed by atoms with Gasteiger partial charge in [0.25, 0.3) is 5.91 Å². The predicted octanol–water partition coefficient (Wildman–Crippen LogP) is 3.18. The van der Waals surface area contributed by atoms with Gasteiger partial charge in [0.1, 0.15) is 5.54 Å². The van der Waals surface area contributed by atoms with Crippen LogP contribution in [0.15, 0.2) is 16.6 Å². The molecule has 0 saturated heterocycles. The van der Waals surface area contributed by atoms with E-state index in [1.807, 2.05) is 6.92 Å². The van der Waals surface area contributed by atoms with Crippen LogP contribution in [-0.4, -0.2) is 48.2 Å². The van der Waals surface area contributed by atoms with E-state index in [1.165, 1.54) is 32.9 Å². The first-order valence-corrected chi connectivity index (χ1v) is 7.98. The van der Waals surface area contributed by atoms with Crippen molar-refractivity contribution in [2.45, 2.75) is 32.7 Å². The molecule has 7 heteroatoms. The van der Waals surface area contributed by atoms with Crippen LogP contribution >= 0.6 is 15.9 Å². The molecule has 23 heavy (non-hydrogen) atoms. The molecule has 0 aliphatic rings. The Kier molecular flexibility index (Phi) is 6.44. The molecule has 1 amide bonds. The van der Waals surface area contributed by atoms with Gasteiger partial charge in [0.15, 0.2) is 11.5 Å². The van der Waals surface area contributed by atoms with Gasteiger partial charge in [0.05, 0.1) is 18.2 Å². The lowest BCUT2D eigenvalue weighted by molar-refractivity contribution is -0.147. The number of carbonyl (C=O) groups is 2. The van der Waals surface area contributed by atoms with Crippen LogP contribution in [0.5, 0.6) is 11.5 Å². The van der Waals surface area contributed by atoms with E-state index in [9.17, 15) is 14.7 Å². The highest BCUT2D eigenvalue weighted by Gasteiger charge is 2.36. The topological polar surface area (TPSA) is 76.1 Å². The number of halogens is 1. The van der Waals surface area contributed by atoms with Crippen molar-refractivity contribution < 1.29 is 24.2 Å². The zero-order valence-electron chi connectivity index (χ0n) is 14.0. The molecule has 0 bridgehead atoms. The maximum Gasteiger partial charge on any atom is 0.329 e. The Morgan fingerprint density at radius 1 is 1.35 bits per heavy atom. The Balaban J connectivity index is 3.21. The average Bonchev–Trinajstić information content (AvgIpc) is 2.51. The minimum atomic E-state index is -1.33. The summed E-state index contributed by atoms with van der Waals surface area (Å²) in [5.41, 5.74) is -1.01. The molecule has 0 saturated carbocycles. The normalized spacial score (nSPS) is 11.0. The lowest BCUT2D eigenvalue weighted by Gasteiger charge is -2.31. The van der Waals surface area contributed by atoms with E-state index in [0.29, 0.717) is 28.1 Å². The van der Waals surface area contributed by atoms with Crippen molar-refractivity contribution in [3.8, 4) is 11.5 Å². The van der Waals surface area contributed by atoms with Crippen LogP contribution in [0.25, 0.3) is 0 Å². The maximum absolute atomic E-state index is 12.6. The smallest absolute Gasteiger partial charge is 0.329 e. The van der Waals surface area contributed by atoms with Gasteiger partial charge in [-0.1, -0.05) is 6.92 Å². The van der Waals surface area contributed by atoms with E-state index in [4.69, 9.17) is 9.47 Å². The molecule has 0 heterocycles. The van der Waals surface area contributed by atoms with Crippen molar-refractivity contribution in [2.24, 2.45) is 0 Å². The Labute approximate surface area is 144 Å². The number of amides is 1. The number of aliphatic carboxylic acids is 1. The van der Waals surface area contributed by atoms with Crippen molar-refractivity contribution in [2.75, 3.05) is 20.8 Å². The van der Waals surface area contributed by atoms with Crippen LogP contribution in [0.2, 0.25) is 0 Å². The number of carboxylic acids is 1. The number of hydrogen-bond donors (Lipinski definition) is 1. The van der Waals surface area contributed by atoms with Crippen LogP contribution in [0, 0.1) is 0 Å².